The first-order valence-corrected chi connectivity index (χ1v) is 4.43. The van der Waals surface area contributed by atoms with Crippen LogP contribution < -0.4 is 11.5 Å². The first-order valence-electron chi connectivity index (χ1n) is 2.82. The van der Waals surface area contributed by atoms with Gasteiger partial charge in [0, 0.05) is 0 Å². The van der Waals surface area contributed by atoms with Gasteiger partial charge in [0.1, 0.15) is 0 Å². The van der Waals surface area contributed by atoms with Gasteiger partial charge in [0.25, 0.3) is 0 Å². The van der Waals surface area contributed by atoms with Gasteiger partial charge < -0.3 is 11.5 Å². The molecule has 4 nitrogen and oxygen atoms in total. The maximum Gasteiger partial charge on any atom is 0.213 e. The first-order chi connectivity index (χ1) is 5.09. The zero-order valence-electron chi connectivity index (χ0n) is 6.24. The minimum Gasteiger partial charge on any atom is -0.370 e. The molecule has 0 amide bonds. The second kappa shape index (κ2) is 4.78. The number of hydrogen-bond donors (Lipinski definition) is 2. The van der Waals surface area contributed by atoms with Crippen molar-refractivity contribution in [2.45, 2.75) is 6.92 Å². The summed E-state index contributed by atoms with van der Waals surface area (Å²) in [6, 6.07) is 0. The number of aromatic nitrogens is 1. The number of halogens is 2. The van der Waals surface area contributed by atoms with Crippen LogP contribution in [0.4, 0.5) is 5.13 Å². The highest BCUT2D eigenvalue weighted by molar-refractivity contribution is 9.11. The minimum atomic E-state index is 0. The van der Waals surface area contributed by atoms with Crippen molar-refractivity contribution in [3.63, 3.8) is 0 Å². The molecule has 1 aromatic rings. The van der Waals surface area contributed by atoms with Crippen LogP contribution in [0.5, 0.6) is 0 Å². The quantitative estimate of drug-likeness (QED) is 0.611. The Morgan fingerprint density at radius 1 is 1.58 bits per heavy atom. The van der Waals surface area contributed by atoms with Gasteiger partial charge in [-0.2, -0.15) is 4.99 Å². The maximum atomic E-state index is 5.16. The second-order valence-corrected chi connectivity index (χ2v) is 4.19. The number of hydrogen-bond acceptors (Lipinski definition) is 3. The SMILES string of the molecule is Br.Cc1nc(N=C(N)N)sc1Br. The van der Waals surface area contributed by atoms with Gasteiger partial charge in [0.2, 0.25) is 5.13 Å². The molecule has 7 heteroatoms. The maximum absolute atomic E-state index is 5.16. The third-order valence-corrected chi connectivity index (χ3v) is 2.85. The summed E-state index contributed by atoms with van der Waals surface area (Å²) in [4.78, 5) is 7.87. The van der Waals surface area contributed by atoms with Crippen LogP contribution in [0.3, 0.4) is 0 Å². The van der Waals surface area contributed by atoms with Crippen molar-refractivity contribution in [2.24, 2.45) is 16.5 Å². The molecule has 0 saturated carbocycles. The third-order valence-electron chi connectivity index (χ3n) is 0.953. The molecule has 12 heavy (non-hydrogen) atoms. The summed E-state index contributed by atoms with van der Waals surface area (Å²) in [5, 5.41) is 0.578. The Kier molecular flexibility index (Phi) is 4.73. The summed E-state index contributed by atoms with van der Waals surface area (Å²) in [6.07, 6.45) is 0. The van der Waals surface area contributed by atoms with E-state index in [0.717, 1.165) is 9.48 Å². The van der Waals surface area contributed by atoms with E-state index in [1.807, 2.05) is 6.92 Å². The summed E-state index contributed by atoms with van der Waals surface area (Å²) in [5.74, 6) is 0.0336. The van der Waals surface area contributed by atoms with Crippen molar-refractivity contribution in [3.8, 4) is 0 Å². The topological polar surface area (TPSA) is 77.3 Å². The average molecular weight is 316 g/mol. The average Bonchev–Trinajstić information content (AvgIpc) is 2.10. The van der Waals surface area contributed by atoms with Crippen molar-refractivity contribution in [2.75, 3.05) is 0 Å². The molecule has 0 atom stereocenters. The lowest BCUT2D eigenvalue weighted by Gasteiger charge is -1.84. The Labute approximate surface area is 93.0 Å². The number of thiazole rings is 1. The van der Waals surface area contributed by atoms with Gasteiger partial charge >= 0.3 is 0 Å². The molecule has 0 bridgehead atoms. The van der Waals surface area contributed by atoms with E-state index in [-0.39, 0.29) is 22.9 Å². The number of nitrogens with zero attached hydrogens (tertiary/aromatic N) is 2. The van der Waals surface area contributed by atoms with E-state index in [9.17, 15) is 0 Å². The van der Waals surface area contributed by atoms with Crippen LogP contribution in [0, 0.1) is 6.92 Å². The van der Waals surface area contributed by atoms with E-state index in [1.54, 1.807) is 0 Å². The highest BCUT2D eigenvalue weighted by atomic mass is 79.9. The Hall–Kier alpha value is -0.140. The Morgan fingerprint density at radius 2 is 2.17 bits per heavy atom. The minimum absolute atomic E-state index is 0. The lowest BCUT2D eigenvalue weighted by Crippen LogP contribution is -2.21. The largest absolute Gasteiger partial charge is 0.370 e. The lowest BCUT2D eigenvalue weighted by atomic mass is 10.6. The predicted octanol–water partition coefficient (Wildman–Crippen LogP) is 1.70. The summed E-state index contributed by atoms with van der Waals surface area (Å²) in [5.41, 5.74) is 11.2. The van der Waals surface area contributed by atoms with Gasteiger partial charge in [-0.05, 0) is 22.9 Å². The summed E-state index contributed by atoms with van der Waals surface area (Å²) >= 11 is 4.71. The molecule has 4 N–H and O–H groups in total. The molecule has 1 rings (SSSR count). The molecular formula is C5H8Br2N4S. The highest BCUT2D eigenvalue weighted by Crippen LogP contribution is 2.29. The Balaban J connectivity index is 0.00000121. The van der Waals surface area contributed by atoms with Gasteiger partial charge in [-0.3, -0.25) is 0 Å². The van der Waals surface area contributed by atoms with Gasteiger partial charge in [-0.1, -0.05) is 11.3 Å². The fourth-order valence-electron chi connectivity index (χ4n) is 0.522. The van der Waals surface area contributed by atoms with Crippen molar-refractivity contribution >= 4 is 55.3 Å². The molecule has 0 aliphatic carbocycles. The fraction of sp³-hybridized carbons (Fsp3) is 0.200. The van der Waals surface area contributed by atoms with Crippen LogP contribution in [-0.4, -0.2) is 10.9 Å². The molecule has 0 aliphatic rings. The number of aryl methyl sites for hydroxylation is 1. The molecule has 0 radical (unpaired) electrons. The molecule has 0 spiro atoms. The van der Waals surface area contributed by atoms with Crippen LogP contribution in [0.15, 0.2) is 8.78 Å². The van der Waals surface area contributed by atoms with Crippen molar-refractivity contribution in [3.05, 3.63) is 9.48 Å². The second-order valence-electron chi connectivity index (χ2n) is 1.89. The molecule has 0 unspecified atom stereocenters. The normalized spacial score (nSPS) is 8.83. The van der Waals surface area contributed by atoms with Crippen LogP contribution in [0.25, 0.3) is 0 Å². The van der Waals surface area contributed by atoms with Gasteiger partial charge in [-0.15, -0.1) is 17.0 Å². The van der Waals surface area contributed by atoms with Gasteiger partial charge in [-0.25, -0.2) is 4.98 Å². The van der Waals surface area contributed by atoms with E-state index < -0.39 is 0 Å². The van der Waals surface area contributed by atoms with Gasteiger partial charge in [0.15, 0.2) is 5.96 Å². The summed E-state index contributed by atoms with van der Waals surface area (Å²) < 4.78 is 0.956. The molecule has 0 aliphatic heterocycles. The molecule has 0 saturated heterocycles. The number of guanidine groups is 1. The van der Waals surface area contributed by atoms with E-state index in [0.29, 0.717) is 5.13 Å². The number of aliphatic imine (C=N–C) groups is 1. The molecule has 1 heterocycles. The van der Waals surface area contributed by atoms with Crippen molar-refractivity contribution < 1.29 is 0 Å². The van der Waals surface area contributed by atoms with Crippen molar-refractivity contribution in [1.82, 2.24) is 4.98 Å². The fourth-order valence-corrected chi connectivity index (χ4v) is 1.73. The first kappa shape index (κ1) is 11.9. The molecule has 1 aromatic heterocycles. The summed E-state index contributed by atoms with van der Waals surface area (Å²) in [7, 11) is 0. The number of nitrogens with two attached hydrogens (primary N) is 2. The monoisotopic (exact) mass is 314 g/mol. The Bertz CT molecular complexity index is 272. The molecule has 0 fully saturated rings. The van der Waals surface area contributed by atoms with Gasteiger partial charge in [0.05, 0.1) is 9.48 Å². The van der Waals surface area contributed by atoms with E-state index in [1.165, 1.54) is 11.3 Å². The van der Waals surface area contributed by atoms with Crippen LogP contribution in [0.1, 0.15) is 5.69 Å². The smallest absolute Gasteiger partial charge is 0.213 e. The predicted molar refractivity (Wildman–Crippen MR) is 60.3 cm³/mol. The van der Waals surface area contributed by atoms with Crippen molar-refractivity contribution in [1.29, 1.82) is 0 Å². The zero-order chi connectivity index (χ0) is 8.43. The Morgan fingerprint density at radius 3 is 2.50 bits per heavy atom. The molecule has 0 aromatic carbocycles. The lowest BCUT2D eigenvalue weighted by molar-refractivity contribution is 1.23. The summed E-state index contributed by atoms with van der Waals surface area (Å²) in [6.45, 7) is 1.88. The van der Waals surface area contributed by atoms with E-state index in [4.69, 9.17) is 11.5 Å². The third kappa shape index (κ3) is 3.08. The molecular weight excluding hydrogens is 308 g/mol. The van der Waals surface area contributed by atoms with Crippen LogP contribution in [0.2, 0.25) is 0 Å². The van der Waals surface area contributed by atoms with E-state index in [2.05, 4.69) is 25.9 Å². The van der Waals surface area contributed by atoms with E-state index >= 15 is 0 Å². The zero-order valence-corrected chi connectivity index (χ0v) is 10.4. The van der Waals surface area contributed by atoms with Crippen LogP contribution >= 0.6 is 44.2 Å². The highest BCUT2D eigenvalue weighted by Gasteiger charge is 2.02. The standard InChI is InChI=1S/C5H7BrN4S.BrH/c1-2-3(6)11-5(9-2)10-4(7)8;/h1H3,(H4,7,8,9,10);1H. The molecule has 68 valence electrons. The number of rotatable bonds is 1. The van der Waals surface area contributed by atoms with Crippen LogP contribution in [-0.2, 0) is 0 Å².